The van der Waals surface area contributed by atoms with Gasteiger partial charge in [-0.1, -0.05) is 42.0 Å². The van der Waals surface area contributed by atoms with Gasteiger partial charge in [0.1, 0.15) is 4.99 Å². The van der Waals surface area contributed by atoms with E-state index in [0.717, 1.165) is 33.9 Å². The van der Waals surface area contributed by atoms with Gasteiger partial charge in [-0.15, -0.1) is 0 Å². The third-order valence-corrected chi connectivity index (χ3v) is 3.87. The number of anilines is 1. The minimum Gasteiger partial charge on any atom is -0.389 e. The van der Waals surface area contributed by atoms with Crippen molar-refractivity contribution in [2.75, 3.05) is 11.9 Å². The number of benzene rings is 2. The van der Waals surface area contributed by atoms with Gasteiger partial charge in [-0.25, -0.2) is 0 Å². The Morgan fingerprint density at radius 1 is 1.25 bits per heavy atom. The second kappa shape index (κ2) is 6.25. The molecule has 2 rings (SSSR count). The van der Waals surface area contributed by atoms with E-state index in [9.17, 15) is 0 Å². The normalized spacial score (nSPS) is 10.3. The van der Waals surface area contributed by atoms with E-state index in [0.29, 0.717) is 4.99 Å². The van der Waals surface area contributed by atoms with Crippen molar-refractivity contribution in [3.63, 3.8) is 0 Å². The molecule has 2 aromatic carbocycles. The molecule has 0 fully saturated rings. The molecule has 20 heavy (non-hydrogen) atoms. The molecule has 0 spiro atoms. The smallest absolute Gasteiger partial charge is 0.104 e. The highest BCUT2D eigenvalue weighted by Gasteiger charge is 2.08. The van der Waals surface area contributed by atoms with Gasteiger partial charge in [0, 0.05) is 29.9 Å². The molecule has 2 N–H and O–H groups in total. The maximum absolute atomic E-state index is 6.19. The van der Waals surface area contributed by atoms with Gasteiger partial charge in [-0.3, -0.25) is 0 Å². The molecule has 0 aliphatic heterocycles. The predicted octanol–water partition coefficient (Wildman–Crippen LogP) is 3.92. The van der Waals surface area contributed by atoms with E-state index in [1.165, 1.54) is 0 Å². The molecule has 0 saturated heterocycles. The molecule has 0 radical (unpaired) electrons. The molecule has 4 heteroatoms. The number of rotatable bonds is 4. The highest BCUT2D eigenvalue weighted by atomic mass is 35.5. The number of thiocarbonyl (C=S) groups is 1. The summed E-state index contributed by atoms with van der Waals surface area (Å²) in [4.78, 5) is 2.58. The lowest BCUT2D eigenvalue weighted by molar-refractivity contribution is 0.922. The van der Waals surface area contributed by atoms with Crippen molar-refractivity contribution < 1.29 is 0 Å². The average molecular weight is 305 g/mol. The molecular weight excluding hydrogens is 288 g/mol. The fourth-order valence-electron chi connectivity index (χ4n) is 2.14. The van der Waals surface area contributed by atoms with Gasteiger partial charge in [-0.05, 0) is 42.3 Å². The molecule has 0 aliphatic carbocycles. The lowest BCUT2D eigenvalue weighted by atomic mass is 10.1. The van der Waals surface area contributed by atoms with E-state index in [1.807, 2.05) is 50.4 Å². The quantitative estimate of drug-likeness (QED) is 0.868. The number of hydrogen-bond donors (Lipinski definition) is 1. The van der Waals surface area contributed by atoms with Crippen LogP contribution in [0.2, 0.25) is 5.02 Å². The number of aryl methyl sites for hydroxylation is 1. The summed E-state index contributed by atoms with van der Waals surface area (Å²) in [5.74, 6) is 0. The highest BCUT2D eigenvalue weighted by molar-refractivity contribution is 7.80. The molecule has 0 unspecified atom stereocenters. The fourth-order valence-corrected chi connectivity index (χ4v) is 2.56. The van der Waals surface area contributed by atoms with Gasteiger partial charge in [0.05, 0.1) is 0 Å². The lowest BCUT2D eigenvalue weighted by Crippen LogP contribution is -2.18. The molecule has 0 aromatic heterocycles. The van der Waals surface area contributed by atoms with Crippen LogP contribution in [0.3, 0.4) is 0 Å². The highest BCUT2D eigenvalue weighted by Crippen LogP contribution is 2.22. The molecule has 0 heterocycles. The summed E-state index contributed by atoms with van der Waals surface area (Å²) in [5, 5.41) is 0.788. The molecule has 0 aliphatic rings. The number of halogens is 1. The van der Waals surface area contributed by atoms with Crippen LogP contribution in [-0.4, -0.2) is 12.0 Å². The van der Waals surface area contributed by atoms with Crippen molar-refractivity contribution in [3.05, 3.63) is 64.2 Å². The maximum Gasteiger partial charge on any atom is 0.104 e. The summed E-state index contributed by atoms with van der Waals surface area (Å²) in [7, 11) is 2.04. The number of nitrogens with zero attached hydrogens (tertiary/aromatic N) is 1. The van der Waals surface area contributed by atoms with Gasteiger partial charge in [0.2, 0.25) is 0 Å². The predicted molar refractivity (Wildman–Crippen MR) is 90.6 cm³/mol. The first-order valence-corrected chi connectivity index (χ1v) is 7.12. The minimum atomic E-state index is 0.433. The van der Waals surface area contributed by atoms with E-state index >= 15 is 0 Å². The molecule has 0 saturated carbocycles. The van der Waals surface area contributed by atoms with Crippen molar-refractivity contribution >= 4 is 34.5 Å². The van der Waals surface area contributed by atoms with Crippen LogP contribution in [0.4, 0.5) is 5.69 Å². The van der Waals surface area contributed by atoms with Crippen LogP contribution in [0.5, 0.6) is 0 Å². The zero-order chi connectivity index (χ0) is 14.7. The zero-order valence-electron chi connectivity index (χ0n) is 11.6. The first-order chi connectivity index (χ1) is 9.49. The van der Waals surface area contributed by atoms with Gasteiger partial charge in [0.25, 0.3) is 0 Å². The molecule has 0 amide bonds. The van der Waals surface area contributed by atoms with E-state index in [1.54, 1.807) is 0 Å². The van der Waals surface area contributed by atoms with Crippen molar-refractivity contribution in [2.45, 2.75) is 13.5 Å². The third kappa shape index (κ3) is 3.30. The standard InChI is InChI=1S/C16H17ClN2S/c1-11-9-13(7-8-14(11)16(18)20)19(2)10-12-5-3-4-6-15(12)17/h3-9H,10H2,1-2H3,(H2,18,20). The largest absolute Gasteiger partial charge is 0.389 e. The molecular formula is C16H17ClN2S. The van der Waals surface area contributed by atoms with Crippen LogP contribution in [0, 0.1) is 6.92 Å². The summed E-state index contributed by atoms with van der Waals surface area (Å²) >= 11 is 11.2. The zero-order valence-corrected chi connectivity index (χ0v) is 13.1. The van der Waals surface area contributed by atoms with Crippen LogP contribution >= 0.6 is 23.8 Å². The Labute approximate surface area is 130 Å². The van der Waals surface area contributed by atoms with E-state index in [-0.39, 0.29) is 0 Å². The van der Waals surface area contributed by atoms with Crippen molar-refractivity contribution in [3.8, 4) is 0 Å². The van der Waals surface area contributed by atoms with Crippen LogP contribution in [0.15, 0.2) is 42.5 Å². The minimum absolute atomic E-state index is 0.433. The average Bonchev–Trinajstić information content (AvgIpc) is 2.40. The molecule has 0 bridgehead atoms. The van der Waals surface area contributed by atoms with Crippen LogP contribution < -0.4 is 10.6 Å². The number of nitrogens with two attached hydrogens (primary N) is 1. The summed E-state index contributed by atoms with van der Waals surface area (Å²) in [5.41, 5.74) is 9.91. The summed E-state index contributed by atoms with van der Waals surface area (Å²) in [6.07, 6.45) is 0. The van der Waals surface area contributed by atoms with Crippen molar-refractivity contribution in [1.29, 1.82) is 0 Å². The first-order valence-electron chi connectivity index (χ1n) is 6.34. The van der Waals surface area contributed by atoms with Gasteiger partial charge < -0.3 is 10.6 Å². The molecule has 2 aromatic rings. The Morgan fingerprint density at radius 2 is 1.95 bits per heavy atom. The van der Waals surface area contributed by atoms with Crippen LogP contribution in [0.25, 0.3) is 0 Å². The summed E-state index contributed by atoms with van der Waals surface area (Å²) in [6.45, 7) is 2.77. The lowest BCUT2D eigenvalue weighted by Gasteiger charge is -2.21. The Balaban J connectivity index is 2.22. The molecule has 104 valence electrons. The van der Waals surface area contributed by atoms with Crippen molar-refractivity contribution in [2.24, 2.45) is 5.73 Å². The Morgan fingerprint density at radius 3 is 2.55 bits per heavy atom. The first kappa shape index (κ1) is 14.8. The Kier molecular flexibility index (Phi) is 4.63. The van der Waals surface area contributed by atoms with Crippen molar-refractivity contribution in [1.82, 2.24) is 0 Å². The number of hydrogen-bond acceptors (Lipinski definition) is 2. The monoisotopic (exact) mass is 304 g/mol. The Bertz CT molecular complexity index is 640. The Hall–Kier alpha value is -1.58. The van der Waals surface area contributed by atoms with Gasteiger partial charge >= 0.3 is 0 Å². The molecule has 0 atom stereocenters. The SMILES string of the molecule is Cc1cc(N(C)Cc2ccccc2Cl)ccc1C(N)=S. The third-order valence-electron chi connectivity index (χ3n) is 3.28. The second-order valence-corrected chi connectivity index (χ2v) is 5.66. The summed E-state index contributed by atoms with van der Waals surface area (Å²) < 4.78 is 0. The van der Waals surface area contributed by atoms with Crippen LogP contribution in [-0.2, 0) is 6.54 Å². The van der Waals surface area contributed by atoms with Gasteiger partial charge in [0.15, 0.2) is 0 Å². The van der Waals surface area contributed by atoms with E-state index in [4.69, 9.17) is 29.6 Å². The second-order valence-electron chi connectivity index (χ2n) is 4.81. The van der Waals surface area contributed by atoms with E-state index < -0.39 is 0 Å². The summed E-state index contributed by atoms with van der Waals surface area (Å²) in [6, 6.07) is 14.0. The van der Waals surface area contributed by atoms with E-state index in [2.05, 4.69) is 11.0 Å². The van der Waals surface area contributed by atoms with Crippen LogP contribution in [0.1, 0.15) is 16.7 Å². The van der Waals surface area contributed by atoms with Gasteiger partial charge in [-0.2, -0.15) is 0 Å². The topological polar surface area (TPSA) is 29.3 Å². The maximum atomic E-state index is 6.19. The fraction of sp³-hybridized carbons (Fsp3) is 0.188. The molecule has 2 nitrogen and oxygen atoms in total.